The summed E-state index contributed by atoms with van der Waals surface area (Å²) in [6.45, 7) is 6.88. The van der Waals surface area contributed by atoms with Crippen molar-refractivity contribution in [2.45, 2.75) is 32.7 Å². The first-order valence-electron chi connectivity index (χ1n) is 7.48. The van der Waals surface area contributed by atoms with Crippen molar-refractivity contribution in [1.29, 1.82) is 0 Å². The molecule has 0 unspecified atom stereocenters. The van der Waals surface area contributed by atoms with E-state index in [1.54, 1.807) is 4.68 Å². The van der Waals surface area contributed by atoms with Crippen LogP contribution in [0, 0.1) is 0 Å². The summed E-state index contributed by atoms with van der Waals surface area (Å²) in [6, 6.07) is 14.3. The first-order valence-corrected chi connectivity index (χ1v) is 7.48. The van der Waals surface area contributed by atoms with Crippen molar-refractivity contribution < 1.29 is 0 Å². The molecule has 3 rings (SSSR count). The molecule has 114 valence electrons. The molecule has 0 radical (unpaired) electrons. The fraction of sp³-hybridized carbons (Fsp3) is 0.278. The molecule has 0 saturated heterocycles. The van der Waals surface area contributed by atoms with E-state index in [0.29, 0.717) is 12.4 Å². The summed E-state index contributed by atoms with van der Waals surface area (Å²) in [7, 11) is 0. The molecule has 4 nitrogen and oxygen atoms in total. The number of rotatable bonds is 2. The average Bonchev–Trinajstić information content (AvgIpc) is 2.88. The second-order valence-corrected chi connectivity index (χ2v) is 6.65. The lowest BCUT2D eigenvalue weighted by molar-refractivity contribution is 0.560. The summed E-state index contributed by atoms with van der Waals surface area (Å²) in [5.41, 5.74) is 15.1. The first kappa shape index (κ1) is 14.6. The Morgan fingerprint density at radius 2 is 1.82 bits per heavy atom. The van der Waals surface area contributed by atoms with Crippen LogP contribution in [0.3, 0.4) is 0 Å². The van der Waals surface area contributed by atoms with Gasteiger partial charge >= 0.3 is 0 Å². The molecule has 0 atom stereocenters. The minimum Gasteiger partial charge on any atom is -0.384 e. The fourth-order valence-corrected chi connectivity index (χ4v) is 2.63. The number of benzene rings is 2. The average molecular weight is 294 g/mol. The van der Waals surface area contributed by atoms with Crippen molar-refractivity contribution in [1.82, 2.24) is 9.78 Å². The standard InChI is InChI=1S/C18H22N4/c1-18(2,3)16-10-17(20)22(21-16)14-8-12-6-4-5-7-15(12)13(9-14)11-19/h4-10H,11,19-20H2,1-3H3. The van der Waals surface area contributed by atoms with Crippen LogP contribution in [-0.2, 0) is 12.0 Å². The van der Waals surface area contributed by atoms with Gasteiger partial charge in [0.05, 0.1) is 11.4 Å². The van der Waals surface area contributed by atoms with E-state index in [4.69, 9.17) is 11.5 Å². The summed E-state index contributed by atoms with van der Waals surface area (Å²) in [6.07, 6.45) is 0. The summed E-state index contributed by atoms with van der Waals surface area (Å²) >= 11 is 0. The molecule has 2 aromatic carbocycles. The van der Waals surface area contributed by atoms with Gasteiger partial charge in [0.15, 0.2) is 0 Å². The highest BCUT2D eigenvalue weighted by molar-refractivity contribution is 5.87. The van der Waals surface area contributed by atoms with Gasteiger partial charge in [-0.25, -0.2) is 4.68 Å². The Labute approximate surface area is 130 Å². The molecule has 4 heteroatoms. The van der Waals surface area contributed by atoms with E-state index in [9.17, 15) is 0 Å². The van der Waals surface area contributed by atoms with Crippen molar-refractivity contribution in [3.8, 4) is 5.69 Å². The maximum Gasteiger partial charge on any atom is 0.127 e. The molecule has 3 aromatic rings. The van der Waals surface area contributed by atoms with Gasteiger partial charge in [-0.1, -0.05) is 45.0 Å². The Balaban J connectivity index is 2.20. The highest BCUT2D eigenvalue weighted by Crippen LogP contribution is 2.27. The largest absolute Gasteiger partial charge is 0.384 e. The first-order chi connectivity index (χ1) is 10.4. The molecule has 0 aliphatic heterocycles. The molecular weight excluding hydrogens is 272 g/mol. The molecule has 4 N–H and O–H groups in total. The van der Waals surface area contributed by atoms with Crippen molar-refractivity contribution in [3.63, 3.8) is 0 Å². The molecule has 0 fully saturated rings. The van der Waals surface area contributed by atoms with Crippen LogP contribution in [-0.4, -0.2) is 9.78 Å². The number of nitrogens with zero attached hydrogens (tertiary/aromatic N) is 2. The molecule has 22 heavy (non-hydrogen) atoms. The highest BCUT2D eigenvalue weighted by atomic mass is 15.3. The summed E-state index contributed by atoms with van der Waals surface area (Å²) in [5.74, 6) is 0.642. The van der Waals surface area contributed by atoms with E-state index in [2.05, 4.69) is 50.1 Å². The molecule has 0 aliphatic rings. The van der Waals surface area contributed by atoms with Crippen LogP contribution in [0.25, 0.3) is 16.5 Å². The number of aromatic nitrogens is 2. The van der Waals surface area contributed by atoms with Crippen molar-refractivity contribution >= 4 is 16.6 Å². The van der Waals surface area contributed by atoms with Gasteiger partial charge in [0, 0.05) is 18.0 Å². The molecule has 0 aliphatic carbocycles. The van der Waals surface area contributed by atoms with E-state index in [-0.39, 0.29) is 5.41 Å². The number of nitrogens with two attached hydrogens (primary N) is 2. The maximum atomic E-state index is 6.17. The lowest BCUT2D eigenvalue weighted by Gasteiger charge is -2.14. The Morgan fingerprint density at radius 3 is 2.45 bits per heavy atom. The lowest BCUT2D eigenvalue weighted by atomic mass is 9.92. The number of hydrogen-bond acceptors (Lipinski definition) is 3. The summed E-state index contributed by atoms with van der Waals surface area (Å²) in [4.78, 5) is 0. The van der Waals surface area contributed by atoms with E-state index < -0.39 is 0 Å². The summed E-state index contributed by atoms with van der Waals surface area (Å²) < 4.78 is 1.80. The Morgan fingerprint density at radius 1 is 1.09 bits per heavy atom. The quantitative estimate of drug-likeness (QED) is 0.761. The van der Waals surface area contributed by atoms with Gasteiger partial charge in [-0.15, -0.1) is 0 Å². The highest BCUT2D eigenvalue weighted by Gasteiger charge is 2.19. The van der Waals surface area contributed by atoms with Crippen LogP contribution < -0.4 is 11.5 Å². The van der Waals surface area contributed by atoms with Gasteiger partial charge in [-0.3, -0.25) is 0 Å². The van der Waals surface area contributed by atoms with E-state index >= 15 is 0 Å². The van der Waals surface area contributed by atoms with Crippen molar-refractivity contribution in [2.75, 3.05) is 5.73 Å². The normalized spacial score (nSPS) is 12.0. The predicted octanol–water partition coefficient (Wildman–Crippen LogP) is 3.36. The monoisotopic (exact) mass is 294 g/mol. The third kappa shape index (κ3) is 2.46. The van der Waals surface area contributed by atoms with Crippen LogP contribution >= 0.6 is 0 Å². The minimum atomic E-state index is -0.0348. The zero-order valence-electron chi connectivity index (χ0n) is 13.3. The third-order valence-corrected chi connectivity index (χ3v) is 3.90. The number of nitrogen functional groups attached to an aromatic ring is 1. The van der Waals surface area contributed by atoms with Crippen molar-refractivity contribution in [2.24, 2.45) is 5.73 Å². The molecule has 0 spiro atoms. The Hall–Kier alpha value is -2.33. The third-order valence-electron chi connectivity index (χ3n) is 3.90. The van der Waals surface area contributed by atoms with Crippen LogP contribution in [0.1, 0.15) is 32.0 Å². The van der Waals surface area contributed by atoms with Gasteiger partial charge in [0.1, 0.15) is 5.82 Å². The summed E-state index contributed by atoms with van der Waals surface area (Å²) in [5, 5.41) is 7.01. The van der Waals surface area contributed by atoms with Gasteiger partial charge in [-0.2, -0.15) is 5.10 Å². The molecule has 0 bridgehead atoms. The van der Waals surface area contributed by atoms with E-state index in [0.717, 1.165) is 22.3 Å². The topological polar surface area (TPSA) is 69.9 Å². The van der Waals surface area contributed by atoms with E-state index in [1.165, 1.54) is 5.39 Å². The van der Waals surface area contributed by atoms with E-state index in [1.807, 2.05) is 18.2 Å². The van der Waals surface area contributed by atoms with Crippen LogP contribution in [0.15, 0.2) is 42.5 Å². The predicted molar refractivity (Wildman–Crippen MR) is 92.1 cm³/mol. The molecule has 0 amide bonds. The lowest BCUT2D eigenvalue weighted by Crippen LogP contribution is -2.12. The zero-order valence-corrected chi connectivity index (χ0v) is 13.3. The Kier molecular flexibility index (Phi) is 3.41. The van der Waals surface area contributed by atoms with Crippen LogP contribution in [0.5, 0.6) is 0 Å². The Bertz CT molecular complexity index is 825. The van der Waals surface area contributed by atoms with Gasteiger partial charge in [-0.05, 0) is 28.5 Å². The zero-order chi connectivity index (χ0) is 15.9. The van der Waals surface area contributed by atoms with Gasteiger partial charge in [0.25, 0.3) is 0 Å². The second kappa shape index (κ2) is 5.14. The van der Waals surface area contributed by atoms with Gasteiger partial charge < -0.3 is 11.5 Å². The SMILES string of the molecule is CC(C)(C)c1cc(N)n(-c2cc(CN)c3ccccc3c2)n1. The molecule has 0 saturated carbocycles. The maximum absolute atomic E-state index is 6.17. The molecule has 1 aromatic heterocycles. The second-order valence-electron chi connectivity index (χ2n) is 6.65. The fourth-order valence-electron chi connectivity index (χ4n) is 2.63. The number of hydrogen-bond donors (Lipinski definition) is 2. The van der Waals surface area contributed by atoms with Crippen LogP contribution in [0.2, 0.25) is 0 Å². The number of anilines is 1. The number of fused-ring (bicyclic) bond motifs is 1. The smallest absolute Gasteiger partial charge is 0.127 e. The minimum absolute atomic E-state index is 0.0348. The molecule has 1 heterocycles. The van der Waals surface area contributed by atoms with Crippen LogP contribution in [0.4, 0.5) is 5.82 Å². The van der Waals surface area contributed by atoms with Gasteiger partial charge in [0.2, 0.25) is 0 Å². The molecular formula is C18H22N4. The van der Waals surface area contributed by atoms with Crippen molar-refractivity contribution in [3.05, 3.63) is 53.7 Å².